The van der Waals surface area contributed by atoms with Crippen LogP contribution >= 0.6 is 0 Å². The number of hydrogen-bond donors (Lipinski definition) is 2. The van der Waals surface area contributed by atoms with E-state index in [2.05, 4.69) is 15.6 Å². The van der Waals surface area contributed by atoms with Crippen LogP contribution in [0.2, 0.25) is 0 Å². The summed E-state index contributed by atoms with van der Waals surface area (Å²) in [6.45, 7) is 4.58. The molecule has 138 valence electrons. The van der Waals surface area contributed by atoms with Gasteiger partial charge < -0.3 is 15.4 Å². The molecule has 0 aliphatic rings. The third-order valence-electron chi connectivity index (χ3n) is 4.37. The van der Waals surface area contributed by atoms with Gasteiger partial charge in [0.05, 0.1) is 7.11 Å². The van der Waals surface area contributed by atoms with Crippen LogP contribution < -0.4 is 15.4 Å². The Morgan fingerprint density at radius 3 is 2.41 bits per heavy atom. The highest BCUT2D eigenvalue weighted by molar-refractivity contribution is 6.05. The summed E-state index contributed by atoms with van der Waals surface area (Å²) in [5.74, 6) is 1.32. The Balaban J connectivity index is 1.68. The van der Waals surface area contributed by atoms with Crippen LogP contribution in [0.15, 0.2) is 60.8 Å². The SMILES string of the molecule is COc1ccc(CNc2cc(C(=O)Nc3c(C)cccc3C)ccn2)cc1. The summed E-state index contributed by atoms with van der Waals surface area (Å²) in [4.78, 5) is 16.9. The number of carbonyl (C=O) groups is 1. The molecule has 0 spiro atoms. The van der Waals surface area contributed by atoms with E-state index in [-0.39, 0.29) is 5.91 Å². The summed E-state index contributed by atoms with van der Waals surface area (Å²) >= 11 is 0. The summed E-state index contributed by atoms with van der Waals surface area (Å²) < 4.78 is 5.16. The molecule has 0 aliphatic carbocycles. The van der Waals surface area contributed by atoms with Gasteiger partial charge in [-0.05, 0) is 54.8 Å². The summed E-state index contributed by atoms with van der Waals surface area (Å²) in [6, 6.07) is 17.2. The summed E-state index contributed by atoms with van der Waals surface area (Å²) in [5, 5.41) is 6.25. The Morgan fingerprint density at radius 1 is 1.04 bits per heavy atom. The van der Waals surface area contributed by atoms with Gasteiger partial charge in [-0.25, -0.2) is 4.98 Å². The number of carbonyl (C=O) groups excluding carboxylic acids is 1. The maximum Gasteiger partial charge on any atom is 0.255 e. The minimum atomic E-state index is -0.151. The predicted molar refractivity (Wildman–Crippen MR) is 108 cm³/mol. The number of ether oxygens (including phenoxy) is 1. The molecule has 0 unspecified atom stereocenters. The lowest BCUT2D eigenvalue weighted by Crippen LogP contribution is -2.14. The molecule has 3 aromatic rings. The van der Waals surface area contributed by atoms with E-state index in [1.165, 1.54) is 0 Å². The first kappa shape index (κ1) is 18.5. The molecule has 5 heteroatoms. The van der Waals surface area contributed by atoms with Crippen molar-refractivity contribution < 1.29 is 9.53 Å². The van der Waals surface area contributed by atoms with E-state index >= 15 is 0 Å². The van der Waals surface area contributed by atoms with Crippen molar-refractivity contribution in [2.24, 2.45) is 0 Å². The molecule has 27 heavy (non-hydrogen) atoms. The second-order valence-corrected chi connectivity index (χ2v) is 6.35. The number of hydrogen-bond acceptors (Lipinski definition) is 4. The zero-order valence-electron chi connectivity index (χ0n) is 15.7. The molecular weight excluding hydrogens is 338 g/mol. The molecule has 0 fully saturated rings. The molecule has 0 radical (unpaired) electrons. The number of anilines is 2. The van der Waals surface area contributed by atoms with Crippen molar-refractivity contribution in [2.75, 3.05) is 17.7 Å². The molecule has 1 heterocycles. The van der Waals surface area contributed by atoms with Crippen LogP contribution in [-0.4, -0.2) is 18.0 Å². The Labute approximate surface area is 159 Å². The molecule has 0 bridgehead atoms. The van der Waals surface area contributed by atoms with Crippen molar-refractivity contribution in [3.63, 3.8) is 0 Å². The van der Waals surface area contributed by atoms with Gasteiger partial charge in [0, 0.05) is 24.0 Å². The number of pyridine rings is 1. The standard InChI is InChI=1S/C22H23N3O2/c1-15-5-4-6-16(2)21(15)25-22(26)18-11-12-23-20(13-18)24-14-17-7-9-19(27-3)10-8-17/h4-13H,14H2,1-3H3,(H,23,24)(H,25,26). The summed E-state index contributed by atoms with van der Waals surface area (Å²) in [7, 11) is 1.64. The van der Waals surface area contributed by atoms with Gasteiger partial charge in [-0.3, -0.25) is 4.79 Å². The van der Waals surface area contributed by atoms with Crippen LogP contribution in [0.1, 0.15) is 27.0 Å². The van der Waals surface area contributed by atoms with E-state index in [4.69, 9.17) is 4.74 Å². The lowest BCUT2D eigenvalue weighted by atomic mass is 10.1. The maximum absolute atomic E-state index is 12.6. The highest BCUT2D eigenvalue weighted by Crippen LogP contribution is 2.21. The number of aryl methyl sites for hydroxylation is 2. The smallest absolute Gasteiger partial charge is 0.255 e. The van der Waals surface area contributed by atoms with Gasteiger partial charge in [-0.15, -0.1) is 0 Å². The molecule has 2 N–H and O–H groups in total. The van der Waals surface area contributed by atoms with Crippen LogP contribution in [0.25, 0.3) is 0 Å². The fourth-order valence-corrected chi connectivity index (χ4v) is 2.80. The Morgan fingerprint density at radius 2 is 1.74 bits per heavy atom. The second-order valence-electron chi connectivity index (χ2n) is 6.35. The summed E-state index contributed by atoms with van der Waals surface area (Å²) in [6.07, 6.45) is 1.63. The van der Waals surface area contributed by atoms with E-state index in [9.17, 15) is 4.79 Å². The highest BCUT2D eigenvalue weighted by atomic mass is 16.5. The van der Waals surface area contributed by atoms with Crippen molar-refractivity contribution in [3.8, 4) is 5.75 Å². The van der Waals surface area contributed by atoms with Crippen LogP contribution in [0.3, 0.4) is 0 Å². The molecule has 3 rings (SSSR count). The van der Waals surface area contributed by atoms with E-state index in [0.29, 0.717) is 17.9 Å². The van der Waals surface area contributed by atoms with Gasteiger partial charge in [-0.1, -0.05) is 30.3 Å². The van der Waals surface area contributed by atoms with Gasteiger partial charge in [-0.2, -0.15) is 0 Å². The quantitative estimate of drug-likeness (QED) is 0.675. The number of amides is 1. The Kier molecular flexibility index (Phi) is 5.71. The lowest BCUT2D eigenvalue weighted by Gasteiger charge is -2.12. The molecule has 0 atom stereocenters. The van der Waals surface area contributed by atoms with Gasteiger partial charge in [0.2, 0.25) is 0 Å². The third-order valence-corrected chi connectivity index (χ3v) is 4.37. The Bertz CT molecular complexity index is 916. The first-order valence-corrected chi connectivity index (χ1v) is 8.77. The fraction of sp³-hybridized carbons (Fsp3) is 0.182. The molecule has 5 nitrogen and oxygen atoms in total. The van der Waals surface area contributed by atoms with Crippen molar-refractivity contribution in [3.05, 3.63) is 83.0 Å². The number of para-hydroxylation sites is 1. The van der Waals surface area contributed by atoms with Gasteiger partial charge >= 0.3 is 0 Å². The number of aromatic nitrogens is 1. The van der Waals surface area contributed by atoms with Crippen molar-refractivity contribution in [1.29, 1.82) is 0 Å². The highest BCUT2D eigenvalue weighted by Gasteiger charge is 2.10. The third kappa shape index (κ3) is 4.64. The van der Waals surface area contributed by atoms with Crippen molar-refractivity contribution >= 4 is 17.4 Å². The average Bonchev–Trinajstić information content (AvgIpc) is 2.70. The van der Waals surface area contributed by atoms with Crippen LogP contribution in [0.4, 0.5) is 11.5 Å². The number of nitrogens with one attached hydrogen (secondary N) is 2. The van der Waals surface area contributed by atoms with Crippen molar-refractivity contribution in [2.45, 2.75) is 20.4 Å². The van der Waals surface area contributed by atoms with E-state index in [1.807, 2.05) is 56.3 Å². The van der Waals surface area contributed by atoms with Crippen LogP contribution in [0, 0.1) is 13.8 Å². The zero-order valence-corrected chi connectivity index (χ0v) is 15.7. The molecule has 0 aliphatic heterocycles. The summed E-state index contributed by atoms with van der Waals surface area (Å²) in [5.41, 5.74) is 4.59. The van der Waals surface area contributed by atoms with Crippen molar-refractivity contribution in [1.82, 2.24) is 4.98 Å². The fourth-order valence-electron chi connectivity index (χ4n) is 2.80. The molecule has 0 saturated carbocycles. The molecule has 0 saturated heterocycles. The average molecular weight is 361 g/mol. The number of benzene rings is 2. The predicted octanol–water partition coefficient (Wildman–Crippen LogP) is 4.57. The number of methoxy groups -OCH3 is 1. The van der Waals surface area contributed by atoms with Gasteiger partial charge in [0.1, 0.15) is 11.6 Å². The minimum Gasteiger partial charge on any atom is -0.497 e. The number of nitrogens with zero attached hydrogens (tertiary/aromatic N) is 1. The maximum atomic E-state index is 12.6. The monoisotopic (exact) mass is 361 g/mol. The zero-order chi connectivity index (χ0) is 19.2. The molecule has 1 aromatic heterocycles. The van der Waals surface area contributed by atoms with E-state index in [0.717, 1.165) is 28.1 Å². The first-order chi connectivity index (χ1) is 13.1. The van der Waals surface area contributed by atoms with Gasteiger partial charge in [0.25, 0.3) is 5.91 Å². The number of rotatable bonds is 6. The molecule has 2 aromatic carbocycles. The normalized spacial score (nSPS) is 10.3. The largest absolute Gasteiger partial charge is 0.497 e. The van der Waals surface area contributed by atoms with Gasteiger partial charge in [0.15, 0.2) is 0 Å². The van der Waals surface area contributed by atoms with Crippen LogP contribution in [-0.2, 0) is 6.54 Å². The second kappa shape index (κ2) is 8.36. The van der Waals surface area contributed by atoms with Crippen LogP contribution in [0.5, 0.6) is 5.75 Å². The lowest BCUT2D eigenvalue weighted by molar-refractivity contribution is 0.102. The molecular formula is C22H23N3O2. The molecule has 1 amide bonds. The Hall–Kier alpha value is -3.34. The van der Waals surface area contributed by atoms with E-state index in [1.54, 1.807) is 25.4 Å². The van der Waals surface area contributed by atoms with E-state index < -0.39 is 0 Å². The topological polar surface area (TPSA) is 63.2 Å². The minimum absolute atomic E-state index is 0.151. The first-order valence-electron chi connectivity index (χ1n) is 8.77.